The van der Waals surface area contributed by atoms with Crippen molar-refractivity contribution in [3.05, 3.63) is 173 Å². The highest BCUT2D eigenvalue weighted by Gasteiger charge is 2.38. The second kappa shape index (κ2) is 11.3. The molecule has 0 amide bonds. The van der Waals surface area contributed by atoms with Crippen LogP contribution < -0.4 is 4.90 Å². The van der Waals surface area contributed by atoms with Gasteiger partial charge in [-0.1, -0.05) is 133 Å². The molecule has 0 fully saturated rings. The molecule has 0 aliphatic heterocycles. The Bertz CT molecular complexity index is 3400. The van der Waals surface area contributed by atoms with Crippen molar-refractivity contribution in [2.75, 3.05) is 4.90 Å². The largest absolute Gasteiger partial charge is 0.456 e. The normalized spacial score (nSPS) is 18.8. The maximum atomic E-state index is 10.1. The number of fused-ring (bicyclic) bond motifs is 9. The summed E-state index contributed by atoms with van der Waals surface area (Å²) in [6.45, 7) is 3.68. The van der Waals surface area contributed by atoms with Gasteiger partial charge in [-0.2, -0.15) is 0 Å². The summed E-state index contributed by atoms with van der Waals surface area (Å²) in [5, 5.41) is 1.99. The van der Waals surface area contributed by atoms with Crippen molar-refractivity contribution >= 4 is 39.0 Å². The van der Waals surface area contributed by atoms with Gasteiger partial charge in [-0.15, -0.1) is 0 Å². The third-order valence-corrected chi connectivity index (χ3v) is 11.3. The number of nitrogens with zero attached hydrogens (tertiary/aromatic N) is 1. The summed E-state index contributed by atoms with van der Waals surface area (Å²) in [5.41, 5.74) is 2.64. The predicted molar refractivity (Wildman–Crippen MR) is 228 cm³/mol. The van der Waals surface area contributed by atoms with E-state index in [1.807, 2.05) is 66.7 Å². The maximum absolute atomic E-state index is 10.1. The van der Waals surface area contributed by atoms with Crippen LogP contribution >= 0.6 is 0 Å². The first-order valence-electron chi connectivity index (χ1n) is 24.7. The van der Waals surface area contributed by atoms with Crippen LogP contribution in [-0.4, -0.2) is 0 Å². The van der Waals surface area contributed by atoms with Gasteiger partial charge in [0.05, 0.1) is 9.60 Å². The van der Waals surface area contributed by atoms with Crippen LogP contribution in [0.15, 0.2) is 150 Å². The number of hydrogen-bond donors (Lipinski definition) is 0. The maximum Gasteiger partial charge on any atom is 0.136 e. The Morgan fingerprint density at radius 1 is 0.556 bits per heavy atom. The van der Waals surface area contributed by atoms with E-state index in [9.17, 15) is 4.11 Å². The molecule has 10 rings (SSSR count). The first kappa shape index (κ1) is 21.7. The number of benzene rings is 7. The number of anilines is 3. The van der Waals surface area contributed by atoms with E-state index in [-0.39, 0.29) is 11.1 Å². The molecule has 1 aromatic heterocycles. The van der Waals surface area contributed by atoms with Gasteiger partial charge in [0.25, 0.3) is 0 Å². The van der Waals surface area contributed by atoms with Gasteiger partial charge in [-0.25, -0.2) is 0 Å². The van der Waals surface area contributed by atoms with Gasteiger partial charge < -0.3 is 9.32 Å². The number of furan rings is 1. The summed E-state index contributed by atoms with van der Waals surface area (Å²) in [5.74, 6) is 0. The summed E-state index contributed by atoms with van der Waals surface area (Å²) < 4.78 is 124. The van der Waals surface area contributed by atoms with E-state index in [1.54, 1.807) is 17.0 Å². The Hall–Kier alpha value is -5.86. The van der Waals surface area contributed by atoms with Gasteiger partial charge in [0, 0.05) is 46.9 Å². The quantitative estimate of drug-likeness (QED) is 0.181. The lowest BCUT2D eigenvalue weighted by Crippen LogP contribution is -2.18. The molecule has 8 aromatic rings. The molecule has 54 heavy (non-hydrogen) atoms. The van der Waals surface area contributed by atoms with Crippen molar-refractivity contribution in [2.45, 2.75) is 64.6 Å². The molecule has 0 atom stereocenters. The third kappa shape index (κ3) is 4.79. The second-order valence-corrected chi connectivity index (χ2v) is 16.0. The van der Waals surface area contributed by atoms with Crippen molar-refractivity contribution in [1.29, 1.82) is 0 Å². The van der Waals surface area contributed by atoms with Crippen LogP contribution in [-0.2, 0) is 16.2 Å². The van der Waals surface area contributed by atoms with Crippen LogP contribution in [0, 0.1) is 0 Å². The van der Waals surface area contributed by atoms with Crippen LogP contribution in [0.2, 0.25) is 0 Å². The number of rotatable bonds is 4. The second-order valence-electron chi connectivity index (χ2n) is 16.0. The zero-order valence-electron chi connectivity index (χ0n) is 43.7. The molecule has 0 N–H and O–H groups in total. The average molecular weight is 713 g/mol. The summed E-state index contributed by atoms with van der Waals surface area (Å²) in [6.07, 6.45) is 0. The highest BCUT2D eigenvalue weighted by molar-refractivity contribution is 6.08. The molecule has 0 saturated carbocycles. The Morgan fingerprint density at radius 2 is 1.26 bits per heavy atom. The molecule has 1 heterocycles. The van der Waals surface area contributed by atoms with E-state index in [0.717, 1.165) is 55.3 Å². The summed E-state index contributed by atoms with van der Waals surface area (Å²) >= 11 is 0. The van der Waals surface area contributed by atoms with Crippen LogP contribution in [0.25, 0.3) is 55.3 Å². The molecular formula is C52H45NO. The van der Waals surface area contributed by atoms with Gasteiger partial charge in [0.15, 0.2) is 0 Å². The summed E-state index contributed by atoms with van der Waals surface area (Å²) in [4.78, 5) is 1.58. The van der Waals surface area contributed by atoms with Crippen molar-refractivity contribution in [3.63, 3.8) is 0 Å². The van der Waals surface area contributed by atoms with E-state index in [1.165, 1.54) is 5.56 Å². The van der Waals surface area contributed by atoms with Crippen molar-refractivity contribution in [1.82, 2.24) is 0 Å². The SMILES string of the molecule is [2H]c1c([2H])c([2H])c2c(c1[2H])-c1c([2H])c([2H])c(N(c3ccc(-c4ccccc4)cc3)c3ccc4c(c3)C(C)(C)c3cc5c(cc3-4)oc3ccc(C(C)(C)C)cc35)c([2H])c1C2(C([2H])([2H])[2H])C([2H])([2H])[2H]. The highest BCUT2D eigenvalue weighted by atomic mass is 16.3. The van der Waals surface area contributed by atoms with Gasteiger partial charge in [-0.3, -0.25) is 0 Å². The molecule has 2 aliphatic carbocycles. The molecule has 7 aromatic carbocycles. The van der Waals surface area contributed by atoms with Gasteiger partial charge in [-0.05, 0) is 127 Å². The third-order valence-electron chi connectivity index (χ3n) is 11.3. The molecule has 2 heteroatoms. The Kier molecular flexibility index (Phi) is 4.56. The van der Waals surface area contributed by atoms with E-state index in [4.69, 9.17) is 18.1 Å². The first-order chi connectivity index (χ1) is 31.3. The fraction of sp³-hybridized carbons (Fsp3) is 0.192. The van der Waals surface area contributed by atoms with Crippen LogP contribution in [0.5, 0.6) is 0 Å². The molecule has 2 nitrogen and oxygen atoms in total. The highest BCUT2D eigenvalue weighted by Crippen LogP contribution is 2.54. The molecule has 264 valence electrons. The van der Waals surface area contributed by atoms with Gasteiger partial charge in [0.2, 0.25) is 0 Å². The Labute approximate surface area is 337 Å². The van der Waals surface area contributed by atoms with Crippen molar-refractivity contribution in [2.24, 2.45) is 0 Å². The molecular weight excluding hydrogens is 655 g/mol. The first-order valence-corrected chi connectivity index (χ1v) is 18.2. The molecule has 0 spiro atoms. The summed E-state index contributed by atoms with van der Waals surface area (Å²) in [7, 11) is 0. The minimum atomic E-state index is -3.54. The van der Waals surface area contributed by atoms with Gasteiger partial charge in [0.1, 0.15) is 11.2 Å². The van der Waals surface area contributed by atoms with E-state index < -0.39 is 89.1 Å². The molecule has 0 radical (unpaired) electrons. The van der Waals surface area contributed by atoms with E-state index in [2.05, 4.69) is 58.9 Å². The molecule has 2 aliphatic rings. The van der Waals surface area contributed by atoms with Crippen LogP contribution in [0.3, 0.4) is 0 Å². The van der Waals surface area contributed by atoms with Crippen LogP contribution in [0.1, 0.15) is 94.0 Å². The lowest BCUT2D eigenvalue weighted by atomic mass is 9.81. The lowest BCUT2D eigenvalue weighted by molar-refractivity contribution is 0.590. The average Bonchev–Trinajstić information content (AvgIpc) is 3.89. The molecule has 0 saturated heterocycles. The molecule has 0 unspecified atom stereocenters. The van der Waals surface area contributed by atoms with E-state index in [0.29, 0.717) is 11.4 Å². The minimum Gasteiger partial charge on any atom is -0.456 e. The van der Waals surface area contributed by atoms with Crippen molar-refractivity contribution < 1.29 is 22.2 Å². The topological polar surface area (TPSA) is 16.4 Å². The van der Waals surface area contributed by atoms with Crippen molar-refractivity contribution in [3.8, 4) is 33.4 Å². The smallest absolute Gasteiger partial charge is 0.136 e. The fourth-order valence-electron chi connectivity index (χ4n) is 8.32. The Balaban J connectivity index is 1.24. The zero-order valence-corrected chi connectivity index (χ0v) is 30.7. The lowest BCUT2D eigenvalue weighted by Gasteiger charge is -2.30. The van der Waals surface area contributed by atoms with E-state index >= 15 is 0 Å². The zero-order chi connectivity index (χ0) is 48.2. The Morgan fingerprint density at radius 3 is 2.04 bits per heavy atom. The van der Waals surface area contributed by atoms with Gasteiger partial charge >= 0.3 is 0 Å². The monoisotopic (exact) mass is 712 g/mol. The predicted octanol–water partition coefficient (Wildman–Crippen LogP) is 14.6. The summed E-state index contributed by atoms with van der Waals surface area (Å²) in [6, 6.07) is 28.0. The minimum absolute atomic E-state index is 0.0807. The fourth-order valence-corrected chi connectivity index (χ4v) is 8.32. The number of hydrogen-bond acceptors (Lipinski definition) is 2. The molecule has 0 bridgehead atoms. The van der Waals surface area contributed by atoms with Crippen LogP contribution in [0.4, 0.5) is 17.1 Å². The standard InChI is InChI=1S/C52H45NO/c1-50(2,3)34-19-26-48-42(27-34)43-30-47-41(31-49(43)54-48)40-25-23-37(29-46(40)52(47,6)7)53(35-20-17-33(18-21-35)32-13-9-8-10-14-32)36-22-24-39-38-15-11-12-16-44(38)51(4,5)45(39)28-36/h8-31H,1-7H3/i4D3,5D3,11D,12D,15D,16D,22D,24D,28D.